The van der Waals surface area contributed by atoms with Gasteiger partial charge in [0, 0.05) is 12.6 Å². The van der Waals surface area contributed by atoms with Crippen molar-refractivity contribution in [2.45, 2.75) is 45.6 Å². The Morgan fingerprint density at radius 2 is 1.83 bits per heavy atom. The summed E-state index contributed by atoms with van der Waals surface area (Å²) in [4.78, 5) is 2.26. The highest BCUT2D eigenvalue weighted by Crippen LogP contribution is 1.98. The largest absolute Gasteiger partial charge is 0.330 e. The average molecular weight is 279 g/mol. The Morgan fingerprint density at radius 3 is 2.39 bits per heavy atom. The summed E-state index contributed by atoms with van der Waals surface area (Å²) in [6, 6.07) is 0.540. The van der Waals surface area contributed by atoms with Gasteiger partial charge in [-0.15, -0.1) is 0 Å². The van der Waals surface area contributed by atoms with Crippen LogP contribution in [-0.2, 0) is 10.0 Å². The molecule has 0 saturated carbocycles. The molecule has 0 saturated heterocycles. The van der Waals surface area contributed by atoms with Crippen LogP contribution in [0.15, 0.2) is 0 Å². The molecule has 0 aliphatic carbocycles. The van der Waals surface area contributed by atoms with E-state index >= 15 is 0 Å². The molecule has 0 aliphatic heterocycles. The maximum absolute atomic E-state index is 11.5. The molecule has 0 amide bonds. The summed E-state index contributed by atoms with van der Waals surface area (Å²) in [6.45, 7) is 6.40. The minimum atomic E-state index is -3.09. The molecule has 0 bridgehead atoms. The molecule has 110 valence electrons. The molecule has 0 rings (SSSR count). The highest BCUT2D eigenvalue weighted by molar-refractivity contribution is 7.89. The van der Waals surface area contributed by atoms with E-state index in [0.717, 1.165) is 25.8 Å². The van der Waals surface area contributed by atoms with Crippen molar-refractivity contribution in [2.75, 3.05) is 32.4 Å². The van der Waals surface area contributed by atoms with Crippen LogP contribution >= 0.6 is 0 Å². The van der Waals surface area contributed by atoms with Gasteiger partial charge in [0.25, 0.3) is 0 Å². The van der Waals surface area contributed by atoms with Crippen molar-refractivity contribution in [3.63, 3.8) is 0 Å². The molecule has 6 heteroatoms. The zero-order valence-electron chi connectivity index (χ0n) is 12.0. The number of hydrogen-bond acceptors (Lipinski definition) is 4. The number of nitrogens with two attached hydrogens (primary N) is 1. The second-order valence-corrected chi connectivity index (χ2v) is 6.92. The van der Waals surface area contributed by atoms with E-state index in [9.17, 15) is 8.42 Å². The van der Waals surface area contributed by atoms with E-state index in [0.29, 0.717) is 25.6 Å². The zero-order chi connectivity index (χ0) is 14.0. The fourth-order valence-electron chi connectivity index (χ4n) is 1.48. The lowest BCUT2D eigenvalue weighted by Gasteiger charge is -2.20. The Bertz CT molecular complexity index is 292. The second kappa shape index (κ2) is 9.72. The van der Waals surface area contributed by atoms with Crippen molar-refractivity contribution in [1.29, 1.82) is 0 Å². The van der Waals surface area contributed by atoms with Gasteiger partial charge in [0.1, 0.15) is 0 Å². The molecule has 0 spiro atoms. The molecule has 0 radical (unpaired) electrons. The Labute approximate surface area is 112 Å². The third kappa shape index (κ3) is 9.82. The van der Waals surface area contributed by atoms with Crippen molar-refractivity contribution in [2.24, 2.45) is 5.73 Å². The van der Waals surface area contributed by atoms with Crippen LogP contribution in [0.1, 0.15) is 39.5 Å². The zero-order valence-corrected chi connectivity index (χ0v) is 12.8. The van der Waals surface area contributed by atoms with E-state index in [-0.39, 0.29) is 5.75 Å². The molecule has 0 aliphatic rings. The highest BCUT2D eigenvalue weighted by atomic mass is 32.2. The number of sulfonamides is 1. The number of nitrogens with zero attached hydrogens (tertiary/aromatic N) is 1. The molecule has 0 aromatic heterocycles. The highest BCUT2D eigenvalue weighted by Gasteiger charge is 2.08. The number of rotatable bonds is 11. The molecule has 0 atom stereocenters. The fourth-order valence-corrected chi connectivity index (χ4v) is 2.66. The quantitative estimate of drug-likeness (QED) is 0.548. The van der Waals surface area contributed by atoms with Gasteiger partial charge in [0.2, 0.25) is 10.0 Å². The first-order valence-corrected chi connectivity index (χ1v) is 8.42. The lowest BCUT2D eigenvalue weighted by molar-refractivity contribution is 0.268. The van der Waals surface area contributed by atoms with Crippen LogP contribution in [0.2, 0.25) is 0 Å². The predicted octanol–water partition coefficient (Wildman–Crippen LogP) is 0.765. The van der Waals surface area contributed by atoms with Crippen LogP contribution in [0.25, 0.3) is 0 Å². The summed E-state index contributed by atoms with van der Waals surface area (Å²) in [5.74, 6) is 0.191. The van der Waals surface area contributed by atoms with Gasteiger partial charge in [-0.2, -0.15) is 0 Å². The lowest BCUT2D eigenvalue weighted by atomic mass is 10.2. The number of hydrogen-bond donors (Lipinski definition) is 2. The molecule has 0 aromatic carbocycles. The standard InChI is InChI=1S/C12H29N3O2S/c1-12(2)15(3)10-6-5-9-14-18(16,17)11-7-4-8-13/h12,14H,4-11,13H2,1-3H3. The van der Waals surface area contributed by atoms with E-state index < -0.39 is 10.0 Å². The molecule has 0 heterocycles. The summed E-state index contributed by atoms with van der Waals surface area (Å²) < 4.78 is 25.7. The third-order valence-corrected chi connectivity index (χ3v) is 4.48. The molecule has 0 fully saturated rings. The summed E-state index contributed by atoms with van der Waals surface area (Å²) in [5, 5.41) is 0. The summed E-state index contributed by atoms with van der Waals surface area (Å²) >= 11 is 0. The van der Waals surface area contributed by atoms with Gasteiger partial charge in [-0.25, -0.2) is 13.1 Å². The maximum Gasteiger partial charge on any atom is 0.211 e. The average Bonchev–Trinajstić information content (AvgIpc) is 2.28. The van der Waals surface area contributed by atoms with Crippen LogP contribution < -0.4 is 10.5 Å². The van der Waals surface area contributed by atoms with Crippen molar-refractivity contribution in [1.82, 2.24) is 9.62 Å². The van der Waals surface area contributed by atoms with Crippen LogP contribution in [0, 0.1) is 0 Å². The van der Waals surface area contributed by atoms with Crippen molar-refractivity contribution in [3.8, 4) is 0 Å². The maximum atomic E-state index is 11.5. The predicted molar refractivity (Wildman–Crippen MR) is 77.1 cm³/mol. The first-order valence-electron chi connectivity index (χ1n) is 6.76. The Kier molecular flexibility index (Phi) is 9.63. The van der Waals surface area contributed by atoms with Gasteiger partial charge in [-0.3, -0.25) is 0 Å². The Balaban J connectivity index is 3.59. The smallest absolute Gasteiger partial charge is 0.211 e. The Morgan fingerprint density at radius 1 is 1.17 bits per heavy atom. The van der Waals surface area contributed by atoms with E-state index in [4.69, 9.17) is 5.73 Å². The van der Waals surface area contributed by atoms with Crippen LogP contribution in [0.4, 0.5) is 0 Å². The van der Waals surface area contributed by atoms with Crippen molar-refractivity contribution >= 4 is 10.0 Å². The van der Waals surface area contributed by atoms with Gasteiger partial charge < -0.3 is 10.6 Å². The van der Waals surface area contributed by atoms with Gasteiger partial charge >= 0.3 is 0 Å². The summed E-state index contributed by atoms with van der Waals surface area (Å²) in [7, 11) is -1.01. The minimum absolute atomic E-state index is 0.191. The fraction of sp³-hybridized carbons (Fsp3) is 1.00. The van der Waals surface area contributed by atoms with E-state index in [1.54, 1.807) is 0 Å². The second-order valence-electron chi connectivity index (χ2n) is 4.99. The molecule has 3 N–H and O–H groups in total. The lowest BCUT2D eigenvalue weighted by Crippen LogP contribution is -2.30. The Hall–Kier alpha value is -0.170. The van der Waals surface area contributed by atoms with Gasteiger partial charge in [-0.1, -0.05) is 0 Å². The van der Waals surface area contributed by atoms with E-state index in [1.807, 2.05) is 0 Å². The third-order valence-electron chi connectivity index (χ3n) is 3.01. The first kappa shape index (κ1) is 17.8. The SMILES string of the molecule is CC(C)N(C)CCCCNS(=O)(=O)CCCCN. The molecular weight excluding hydrogens is 250 g/mol. The van der Waals surface area contributed by atoms with Crippen LogP contribution in [0.5, 0.6) is 0 Å². The van der Waals surface area contributed by atoms with Gasteiger partial charge in [0.15, 0.2) is 0 Å². The monoisotopic (exact) mass is 279 g/mol. The summed E-state index contributed by atoms with van der Waals surface area (Å²) in [5.41, 5.74) is 5.33. The molecule has 5 nitrogen and oxygen atoms in total. The van der Waals surface area contributed by atoms with Crippen molar-refractivity contribution in [3.05, 3.63) is 0 Å². The van der Waals surface area contributed by atoms with Gasteiger partial charge in [0.05, 0.1) is 5.75 Å². The molecule has 0 unspecified atom stereocenters. The normalized spacial score (nSPS) is 12.6. The molecule has 18 heavy (non-hydrogen) atoms. The number of nitrogens with one attached hydrogen (secondary N) is 1. The van der Waals surface area contributed by atoms with E-state index in [1.165, 1.54) is 0 Å². The molecular formula is C12H29N3O2S. The van der Waals surface area contributed by atoms with Crippen molar-refractivity contribution < 1.29 is 8.42 Å². The summed E-state index contributed by atoms with van der Waals surface area (Å²) in [6.07, 6.45) is 3.30. The first-order chi connectivity index (χ1) is 8.39. The van der Waals surface area contributed by atoms with E-state index in [2.05, 4.69) is 30.5 Å². The topological polar surface area (TPSA) is 75.4 Å². The minimum Gasteiger partial charge on any atom is -0.330 e. The molecule has 0 aromatic rings. The van der Waals surface area contributed by atoms with Crippen LogP contribution in [-0.4, -0.2) is 51.8 Å². The van der Waals surface area contributed by atoms with Crippen LogP contribution in [0.3, 0.4) is 0 Å². The van der Waals surface area contributed by atoms with Gasteiger partial charge in [-0.05, 0) is 59.7 Å². The number of unbranched alkanes of at least 4 members (excludes halogenated alkanes) is 2.